The van der Waals surface area contributed by atoms with Crippen LogP contribution in [-0.2, 0) is 21.8 Å². The first-order valence-electron chi connectivity index (χ1n) is 3.00. The van der Waals surface area contributed by atoms with Gasteiger partial charge in [0, 0.05) is 0 Å². The molecule has 0 heterocycles. The topological polar surface area (TPSA) is 17.1 Å². The third-order valence-corrected chi connectivity index (χ3v) is 0.854. The van der Waals surface area contributed by atoms with Gasteiger partial charge < -0.3 is 6.92 Å². The Bertz CT molecular complexity index is 27.7. The molecule has 0 aliphatic heterocycles. The molecule has 0 radical (unpaired) electrons. The predicted octanol–water partition coefficient (Wildman–Crippen LogP) is 2.28. The van der Waals surface area contributed by atoms with E-state index < -0.39 is 0 Å². The molecule has 0 bridgehead atoms. The fraction of sp³-hybridized carbons (Fsp3) is 0.833. The summed E-state index contributed by atoms with van der Waals surface area (Å²) in [5.74, 6) is 0. The fourth-order valence-electron chi connectivity index (χ4n) is 0.427. The van der Waals surface area contributed by atoms with Crippen LogP contribution in [0.3, 0.4) is 0 Å². The van der Waals surface area contributed by atoms with Crippen molar-refractivity contribution in [2.24, 2.45) is 0 Å². The summed E-state index contributed by atoms with van der Waals surface area (Å²) in [4.78, 5) is 0. The molecule has 1 nitrogen and oxygen atoms in total. The summed E-state index contributed by atoms with van der Waals surface area (Å²) in [7, 11) is 0. The molecule has 0 aromatic carbocycles. The molecular formula is C6H13OZn-. The zero-order valence-corrected chi connectivity index (χ0v) is 8.62. The van der Waals surface area contributed by atoms with Crippen LogP contribution in [0.15, 0.2) is 0 Å². The third-order valence-electron chi connectivity index (χ3n) is 0.854. The molecule has 0 aliphatic carbocycles. The van der Waals surface area contributed by atoms with Crippen LogP contribution in [0.1, 0.15) is 32.6 Å². The van der Waals surface area contributed by atoms with Crippen LogP contribution < -0.4 is 0 Å². The molecule has 0 N–H and O–H groups in total. The van der Waals surface area contributed by atoms with Crippen molar-refractivity contribution in [1.82, 2.24) is 0 Å². The van der Waals surface area contributed by atoms with Crippen molar-refractivity contribution in [3.05, 3.63) is 6.92 Å². The Kier molecular flexibility index (Phi) is 22.0. The minimum absolute atomic E-state index is 0.125. The molecular weight excluding hydrogens is 153 g/mol. The number of hydrogen-bond acceptors (Lipinski definition) is 1. The molecule has 46 valence electrons. The Balaban J connectivity index is 0. The summed E-state index contributed by atoms with van der Waals surface area (Å²) in [6, 6.07) is 0. The number of unbranched alkanes of at least 4 members (excludes halogenated alkanes) is 3. The van der Waals surface area contributed by atoms with E-state index in [-0.39, 0.29) is 18.3 Å². The van der Waals surface area contributed by atoms with Gasteiger partial charge in [-0.05, 0) is 0 Å². The normalized spacial score (nSPS) is 7.50. The van der Waals surface area contributed by atoms with Gasteiger partial charge in [-0.2, -0.15) is 6.42 Å². The first-order valence-corrected chi connectivity index (χ1v) is 4.21. The molecule has 0 amide bonds. The van der Waals surface area contributed by atoms with Crippen molar-refractivity contribution in [2.45, 2.75) is 32.6 Å². The van der Waals surface area contributed by atoms with Crippen LogP contribution >= 0.6 is 0 Å². The minimum atomic E-state index is 0.125. The Hall–Kier alpha value is 0.423. The predicted molar refractivity (Wildman–Crippen MR) is 30.2 cm³/mol. The van der Waals surface area contributed by atoms with E-state index in [0.717, 1.165) is 6.42 Å². The van der Waals surface area contributed by atoms with E-state index in [1.807, 2.05) is 0 Å². The van der Waals surface area contributed by atoms with Gasteiger partial charge in [-0.3, -0.25) is 0 Å². The molecule has 0 fully saturated rings. The van der Waals surface area contributed by atoms with E-state index in [1.54, 1.807) is 0 Å². The molecule has 0 saturated heterocycles. The fourth-order valence-corrected chi connectivity index (χ4v) is 0.427. The van der Waals surface area contributed by atoms with E-state index in [9.17, 15) is 0 Å². The zero-order valence-electron chi connectivity index (χ0n) is 5.65. The molecule has 0 aromatic heterocycles. The Morgan fingerprint density at radius 3 is 2.00 bits per heavy atom. The Morgan fingerprint density at radius 1 is 1.38 bits per heavy atom. The van der Waals surface area contributed by atoms with Gasteiger partial charge >= 0.3 is 21.8 Å². The summed E-state index contributed by atoms with van der Waals surface area (Å²) in [5, 5.41) is 0. The summed E-state index contributed by atoms with van der Waals surface area (Å²) >= 11 is 0.125. The summed E-state index contributed by atoms with van der Waals surface area (Å²) in [5.41, 5.74) is 0. The molecule has 0 unspecified atom stereocenters. The van der Waals surface area contributed by atoms with E-state index in [2.05, 4.69) is 13.8 Å². The van der Waals surface area contributed by atoms with Crippen LogP contribution in [0.25, 0.3) is 0 Å². The number of hydrogen-bond donors (Lipinski definition) is 0. The SMILES string of the molecule is [CH2-]CCCCC.[O]=[Zn]. The van der Waals surface area contributed by atoms with Crippen molar-refractivity contribution < 1.29 is 21.8 Å². The van der Waals surface area contributed by atoms with Crippen molar-refractivity contribution in [2.75, 3.05) is 0 Å². The standard InChI is InChI=1S/C6H13.O.Zn/c1-3-5-6-4-2;;/h1,3-6H2,2H3;;/q-1;;. The summed E-state index contributed by atoms with van der Waals surface area (Å²) in [6.45, 7) is 5.93. The van der Waals surface area contributed by atoms with Crippen molar-refractivity contribution >= 4 is 0 Å². The van der Waals surface area contributed by atoms with Crippen LogP contribution in [0.4, 0.5) is 0 Å². The Morgan fingerprint density at radius 2 is 1.88 bits per heavy atom. The molecule has 0 atom stereocenters. The van der Waals surface area contributed by atoms with Crippen molar-refractivity contribution in [3.8, 4) is 0 Å². The third kappa shape index (κ3) is 16.1. The first-order chi connectivity index (χ1) is 3.91. The molecule has 0 rings (SSSR count). The summed E-state index contributed by atoms with van der Waals surface area (Å²) < 4.78 is 8.38. The second-order valence-corrected chi connectivity index (χ2v) is 1.56. The van der Waals surface area contributed by atoms with E-state index in [0.29, 0.717) is 0 Å². The number of rotatable bonds is 3. The quantitative estimate of drug-likeness (QED) is 0.357. The van der Waals surface area contributed by atoms with Gasteiger partial charge in [0.25, 0.3) is 0 Å². The van der Waals surface area contributed by atoms with E-state index in [1.165, 1.54) is 19.3 Å². The maximum atomic E-state index is 8.38. The molecule has 0 aromatic rings. The van der Waals surface area contributed by atoms with Gasteiger partial charge in [0.05, 0.1) is 0 Å². The average molecular weight is 167 g/mol. The molecule has 8 heavy (non-hydrogen) atoms. The second kappa shape index (κ2) is 15.7. The van der Waals surface area contributed by atoms with Crippen molar-refractivity contribution in [1.29, 1.82) is 0 Å². The summed E-state index contributed by atoms with van der Waals surface area (Å²) in [6.07, 6.45) is 5.07. The van der Waals surface area contributed by atoms with Crippen LogP contribution in [0, 0.1) is 6.92 Å². The van der Waals surface area contributed by atoms with Crippen LogP contribution in [-0.4, -0.2) is 0 Å². The first kappa shape index (κ1) is 11.3. The molecule has 2 heteroatoms. The van der Waals surface area contributed by atoms with Gasteiger partial charge in [-0.25, -0.2) is 0 Å². The maximum absolute atomic E-state index is 8.38. The molecule has 0 spiro atoms. The van der Waals surface area contributed by atoms with Gasteiger partial charge in [-0.1, -0.05) is 26.2 Å². The van der Waals surface area contributed by atoms with E-state index >= 15 is 0 Å². The van der Waals surface area contributed by atoms with Gasteiger partial charge in [0.15, 0.2) is 0 Å². The van der Waals surface area contributed by atoms with E-state index in [4.69, 9.17) is 3.57 Å². The van der Waals surface area contributed by atoms with Crippen molar-refractivity contribution in [3.63, 3.8) is 0 Å². The van der Waals surface area contributed by atoms with Crippen LogP contribution in [0.5, 0.6) is 0 Å². The van der Waals surface area contributed by atoms with Gasteiger partial charge in [-0.15, -0.1) is 0 Å². The molecule has 0 aliphatic rings. The average Bonchev–Trinajstić information content (AvgIpc) is 1.88. The van der Waals surface area contributed by atoms with Gasteiger partial charge in [0.1, 0.15) is 0 Å². The van der Waals surface area contributed by atoms with Crippen LogP contribution in [0.2, 0.25) is 0 Å². The van der Waals surface area contributed by atoms with Gasteiger partial charge in [0.2, 0.25) is 0 Å². The monoisotopic (exact) mass is 165 g/mol. The molecule has 0 saturated carbocycles. The second-order valence-electron chi connectivity index (χ2n) is 1.56. The Labute approximate surface area is 61.8 Å². The zero-order chi connectivity index (χ0) is 6.83.